The van der Waals surface area contributed by atoms with Gasteiger partial charge in [-0.15, -0.1) is 0 Å². The molecule has 0 unspecified atom stereocenters. The Hall–Kier alpha value is -1.06. The summed E-state index contributed by atoms with van der Waals surface area (Å²) in [4.78, 5) is 3.71. The molecular weight excluding hydrogens is 268 g/mol. The first-order chi connectivity index (χ1) is 7.10. The van der Waals surface area contributed by atoms with Gasteiger partial charge >= 0.3 is 0 Å². The fourth-order valence-corrected chi connectivity index (χ4v) is 1.79. The number of hydrogen-bond donors (Lipinski definition) is 1. The molecule has 0 fully saturated rings. The molecular formula is C9H8BrF2N3. The van der Waals surface area contributed by atoms with Crippen molar-refractivity contribution in [2.24, 2.45) is 5.73 Å². The molecule has 0 amide bonds. The zero-order chi connectivity index (χ0) is 11.4. The number of nitrogens with zero attached hydrogens (tertiary/aromatic N) is 2. The molecule has 6 heteroatoms. The summed E-state index contributed by atoms with van der Waals surface area (Å²) in [5, 5.41) is 8.45. The van der Waals surface area contributed by atoms with Crippen LogP contribution in [0.1, 0.15) is 23.4 Å². The summed E-state index contributed by atoms with van der Waals surface area (Å²) in [6, 6.07) is 3.39. The van der Waals surface area contributed by atoms with Crippen molar-refractivity contribution in [1.82, 2.24) is 4.98 Å². The second-order valence-electron chi connectivity index (χ2n) is 2.80. The molecule has 0 atom stereocenters. The Morgan fingerprint density at radius 1 is 1.60 bits per heavy atom. The topological polar surface area (TPSA) is 62.7 Å². The summed E-state index contributed by atoms with van der Waals surface area (Å²) in [7, 11) is 0. The van der Waals surface area contributed by atoms with Crippen LogP contribution in [0.3, 0.4) is 0 Å². The molecule has 1 rings (SSSR count). The lowest BCUT2D eigenvalue weighted by Crippen LogP contribution is -2.07. The summed E-state index contributed by atoms with van der Waals surface area (Å²) in [6.45, 7) is -0.0138. The van der Waals surface area contributed by atoms with Gasteiger partial charge in [0.2, 0.25) is 0 Å². The van der Waals surface area contributed by atoms with E-state index in [0.717, 1.165) is 0 Å². The molecule has 2 N–H and O–H groups in total. The van der Waals surface area contributed by atoms with Crippen molar-refractivity contribution in [3.8, 4) is 6.07 Å². The number of aromatic nitrogens is 1. The average Bonchev–Trinajstić information content (AvgIpc) is 2.17. The number of pyridine rings is 1. The van der Waals surface area contributed by atoms with Gasteiger partial charge in [-0.25, -0.2) is 8.78 Å². The summed E-state index contributed by atoms with van der Waals surface area (Å²) >= 11 is 3.13. The highest BCUT2D eigenvalue weighted by Crippen LogP contribution is 2.27. The van der Waals surface area contributed by atoms with Gasteiger partial charge in [-0.3, -0.25) is 4.98 Å². The number of nitrogens with two attached hydrogens (primary N) is 1. The summed E-state index contributed by atoms with van der Waals surface area (Å²) in [5.74, 6) is 0. The molecule has 1 aromatic heterocycles. The van der Waals surface area contributed by atoms with Crippen LogP contribution in [0.15, 0.2) is 10.5 Å². The van der Waals surface area contributed by atoms with Crippen molar-refractivity contribution in [2.45, 2.75) is 19.4 Å². The SMILES string of the molecule is N#CCc1cc(Br)c(CN)c(C(F)F)n1. The van der Waals surface area contributed by atoms with Gasteiger partial charge in [0.15, 0.2) is 0 Å². The Balaban J connectivity index is 3.27. The van der Waals surface area contributed by atoms with E-state index in [1.807, 2.05) is 6.07 Å². The van der Waals surface area contributed by atoms with Crippen LogP contribution >= 0.6 is 15.9 Å². The highest BCUT2D eigenvalue weighted by molar-refractivity contribution is 9.10. The number of halogens is 3. The number of hydrogen-bond acceptors (Lipinski definition) is 3. The van der Waals surface area contributed by atoms with Gasteiger partial charge in [0.05, 0.1) is 18.2 Å². The van der Waals surface area contributed by atoms with Gasteiger partial charge in [0, 0.05) is 16.6 Å². The van der Waals surface area contributed by atoms with Crippen molar-refractivity contribution < 1.29 is 8.78 Å². The lowest BCUT2D eigenvalue weighted by atomic mass is 10.1. The van der Waals surface area contributed by atoms with Crippen LogP contribution in [0, 0.1) is 11.3 Å². The van der Waals surface area contributed by atoms with Crippen LogP contribution in [-0.4, -0.2) is 4.98 Å². The Bertz CT molecular complexity index is 401. The Labute approximate surface area is 94.0 Å². The van der Waals surface area contributed by atoms with Crippen LogP contribution < -0.4 is 5.73 Å². The molecule has 80 valence electrons. The van der Waals surface area contributed by atoms with Crippen LogP contribution in [0.4, 0.5) is 8.78 Å². The molecule has 0 aliphatic heterocycles. The van der Waals surface area contributed by atoms with E-state index in [0.29, 0.717) is 10.2 Å². The van der Waals surface area contributed by atoms with E-state index < -0.39 is 6.43 Å². The first-order valence-electron chi connectivity index (χ1n) is 4.13. The van der Waals surface area contributed by atoms with E-state index >= 15 is 0 Å². The second kappa shape index (κ2) is 5.14. The molecule has 0 spiro atoms. The van der Waals surface area contributed by atoms with Crippen LogP contribution in [0.5, 0.6) is 0 Å². The fourth-order valence-electron chi connectivity index (χ4n) is 1.16. The summed E-state index contributed by atoms with van der Waals surface area (Å²) in [5.41, 5.74) is 5.60. The van der Waals surface area contributed by atoms with E-state index in [-0.39, 0.29) is 24.2 Å². The molecule has 0 aromatic carbocycles. The number of rotatable bonds is 3. The Morgan fingerprint density at radius 2 is 2.27 bits per heavy atom. The molecule has 0 saturated heterocycles. The van der Waals surface area contributed by atoms with E-state index in [4.69, 9.17) is 11.0 Å². The van der Waals surface area contributed by atoms with Crippen molar-refractivity contribution in [3.05, 3.63) is 27.5 Å². The van der Waals surface area contributed by atoms with Crippen molar-refractivity contribution in [2.75, 3.05) is 0 Å². The molecule has 0 bridgehead atoms. The molecule has 0 radical (unpaired) electrons. The predicted molar refractivity (Wildman–Crippen MR) is 54.1 cm³/mol. The van der Waals surface area contributed by atoms with Crippen molar-refractivity contribution >= 4 is 15.9 Å². The highest BCUT2D eigenvalue weighted by atomic mass is 79.9. The van der Waals surface area contributed by atoms with Crippen LogP contribution in [-0.2, 0) is 13.0 Å². The minimum atomic E-state index is -2.68. The van der Waals surface area contributed by atoms with Crippen LogP contribution in [0.25, 0.3) is 0 Å². The monoisotopic (exact) mass is 275 g/mol. The summed E-state index contributed by atoms with van der Waals surface area (Å²) in [6.07, 6.45) is -2.68. The zero-order valence-electron chi connectivity index (χ0n) is 7.67. The van der Waals surface area contributed by atoms with Gasteiger partial charge in [0.1, 0.15) is 5.69 Å². The van der Waals surface area contributed by atoms with Gasteiger partial charge in [-0.1, -0.05) is 15.9 Å². The standard InChI is InChI=1S/C9H8BrF2N3/c10-7-3-5(1-2-13)15-8(9(11)12)6(7)4-14/h3,9H,1,4,14H2. The van der Waals surface area contributed by atoms with Crippen LogP contribution in [0.2, 0.25) is 0 Å². The predicted octanol–water partition coefficient (Wildman–Crippen LogP) is 2.31. The normalized spacial score (nSPS) is 10.4. The molecule has 1 aromatic rings. The second-order valence-corrected chi connectivity index (χ2v) is 3.65. The molecule has 0 aliphatic rings. The Morgan fingerprint density at radius 3 is 2.73 bits per heavy atom. The minimum Gasteiger partial charge on any atom is -0.326 e. The van der Waals surface area contributed by atoms with Gasteiger partial charge in [0.25, 0.3) is 6.43 Å². The van der Waals surface area contributed by atoms with E-state index in [9.17, 15) is 8.78 Å². The minimum absolute atomic E-state index is 0.00315. The van der Waals surface area contributed by atoms with Gasteiger partial charge < -0.3 is 5.73 Å². The highest BCUT2D eigenvalue weighted by Gasteiger charge is 2.17. The largest absolute Gasteiger partial charge is 0.326 e. The fraction of sp³-hybridized carbons (Fsp3) is 0.333. The maximum absolute atomic E-state index is 12.6. The van der Waals surface area contributed by atoms with E-state index in [1.165, 1.54) is 6.07 Å². The molecule has 0 aliphatic carbocycles. The van der Waals surface area contributed by atoms with Crippen molar-refractivity contribution in [1.29, 1.82) is 5.26 Å². The van der Waals surface area contributed by atoms with E-state index in [2.05, 4.69) is 20.9 Å². The summed E-state index contributed by atoms with van der Waals surface area (Å²) < 4.78 is 25.7. The lowest BCUT2D eigenvalue weighted by molar-refractivity contribution is 0.144. The average molecular weight is 276 g/mol. The molecule has 0 saturated carbocycles. The first kappa shape index (κ1) is 12.0. The van der Waals surface area contributed by atoms with Gasteiger partial charge in [-0.05, 0) is 6.07 Å². The lowest BCUT2D eigenvalue weighted by Gasteiger charge is -2.09. The zero-order valence-corrected chi connectivity index (χ0v) is 9.26. The maximum atomic E-state index is 12.6. The van der Waals surface area contributed by atoms with Crippen molar-refractivity contribution in [3.63, 3.8) is 0 Å². The third kappa shape index (κ3) is 2.70. The Kier molecular flexibility index (Phi) is 4.12. The molecule has 15 heavy (non-hydrogen) atoms. The third-order valence-electron chi connectivity index (χ3n) is 1.83. The maximum Gasteiger partial charge on any atom is 0.280 e. The first-order valence-corrected chi connectivity index (χ1v) is 4.92. The number of nitriles is 1. The van der Waals surface area contributed by atoms with E-state index in [1.54, 1.807) is 0 Å². The number of alkyl halides is 2. The van der Waals surface area contributed by atoms with Gasteiger partial charge in [-0.2, -0.15) is 5.26 Å². The third-order valence-corrected chi connectivity index (χ3v) is 2.53. The molecule has 3 nitrogen and oxygen atoms in total. The smallest absolute Gasteiger partial charge is 0.280 e. The molecule has 1 heterocycles. The quantitative estimate of drug-likeness (QED) is 0.921.